The molecular formula is C19H30N4O. The predicted molar refractivity (Wildman–Crippen MR) is 97.2 cm³/mol. The molecule has 5 nitrogen and oxygen atoms in total. The Kier molecular flexibility index (Phi) is 5.87. The summed E-state index contributed by atoms with van der Waals surface area (Å²) in [6.07, 6.45) is 2.02. The molecule has 3 rings (SSSR count). The van der Waals surface area contributed by atoms with Crippen molar-refractivity contribution in [1.82, 2.24) is 20.4 Å². The molecule has 2 aliphatic rings. The fourth-order valence-electron chi connectivity index (χ4n) is 3.61. The molecule has 24 heavy (non-hydrogen) atoms. The first kappa shape index (κ1) is 17.4. The lowest BCUT2D eigenvalue weighted by Crippen LogP contribution is -2.46. The average molecular weight is 330 g/mol. The van der Waals surface area contributed by atoms with Gasteiger partial charge in [0.2, 0.25) is 0 Å². The highest BCUT2D eigenvalue weighted by atomic mass is 16.1. The molecule has 5 heteroatoms. The molecule has 2 aliphatic heterocycles. The zero-order chi connectivity index (χ0) is 16.9. The predicted octanol–water partition coefficient (Wildman–Crippen LogP) is 1.30. The molecule has 1 aromatic carbocycles. The van der Waals surface area contributed by atoms with Crippen molar-refractivity contribution in [2.24, 2.45) is 0 Å². The van der Waals surface area contributed by atoms with E-state index in [1.165, 1.54) is 5.56 Å². The van der Waals surface area contributed by atoms with Gasteiger partial charge in [0.25, 0.3) is 5.91 Å². The third-order valence-electron chi connectivity index (χ3n) is 5.15. The van der Waals surface area contributed by atoms with E-state index in [-0.39, 0.29) is 11.9 Å². The molecule has 0 aliphatic carbocycles. The highest BCUT2D eigenvalue weighted by Crippen LogP contribution is 2.13. The highest BCUT2D eigenvalue weighted by Gasteiger charge is 2.21. The van der Waals surface area contributed by atoms with Gasteiger partial charge in [0, 0.05) is 50.4 Å². The van der Waals surface area contributed by atoms with Gasteiger partial charge in [-0.1, -0.05) is 12.1 Å². The van der Waals surface area contributed by atoms with Gasteiger partial charge in [-0.2, -0.15) is 0 Å². The van der Waals surface area contributed by atoms with Crippen LogP contribution in [0.15, 0.2) is 24.3 Å². The lowest BCUT2D eigenvalue weighted by molar-refractivity contribution is 0.0925. The third-order valence-corrected chi connectivity index (χ3v) is 5.15. The van der Waals surface area contributed by atoms with Gasteiger partial charge in [0.1, 0.15) is 0 Å². The van der Waals surface area contributed by atoms with Crippen molar-refractivity contribution in [3.05, 3.63) is 35.4 Å². The molecule has 0 radical (unpaired) electrons. The van der Waals surface area contributed by atoms with Crippen LogP contribution in [-0.2, 0) is 6.54 Å². The largest absolute Gasteiger partial charge is 0.349 e. The van der Waals surface area contributed by atoms with Crippen molar-refractivity contribution >= 4 is 5.91 Å². The number of carbonyl (C=O) groups excluding carboxylic acids is 1. The number of piperazine rings is 1. The van der Waals surface area contributed by atoms with Gasteiger partial charge in [-0.05, 0) is 51.1 Å². The van der Waals surface area contributed by atoms with E-state index in [0.717, 1.165) is 57.7 Å². The van der Waals surface area contributed by atoms with Gasteiger partial charge in [-0.25, -0.2) is 0 Å². The van der Waals surface area contributed by atoms with Gasteiger partial charge in [0.15, 0.2) is 0 Å². The number of piperidine rings is 1. The third kappa shape index (κ3) is 4.79. The number of rotatable bonds is 4. The van der Waals surface area contributed by atoms with Gasteiger partial charge < -0.3 is 15.5 Å². The molecule has 0 aromatic heterocycles. The summed E-state index contributed by atoms with van der Waals surface area (Å²) < 4.78 is 0. The van der Waals surface area contributed by atoms with Crippen LogP contribution in [0.25, 0.3) is 0 Å². The van der Waals surface area contributed by atoms with Crippen molar-refractivity contribution in [2.45, 2.75) is 38.4 Å². The van der Waals surface area contributed by atoms with Crippen LogP contribution in [0.2, 0.25) is 0 Å². The number of hydrogen-bond donors (Lipinski definition) is 2. The summed E-state index contributed by atoms with van der Waals surface area (Å²) >= 11 is 0. The SMILES string of the molecule is CC1CC(NC(=O)c2cccc(CN3CCN(C)CC3)c2)CCN1. The molecule has 0 saturated carbocycles. The van der Waals surface area contributed by atoms with Gasteiger partial charge in [-0.3, -0.25) is 9.69 Å². The fourth-order valence-corrected chi connectivity index (χ4v) is 3.61. The molecule has 1 amide bonds. The molecular weight excluding hydrogens is 300 g/mol. The van der Waals surface area contributed by atoms with E-state index in [2.05, 4.69) is 46.5 Å². The van der Waals surface area contributed by atoms with Crippen molar-refractivity contribution < 1.29 is 4.79 Å². The molecule has 1 aromatic rings. The van der Waals surface area contributed by atoms with Crippen LogP contribution >= 0.6 is 0 Å². The quantitative estimate of drug-likeness (QED) is 0.874. The standard InChI is InChI=1S/C19H30N4O/c1-15-12-18(6-7-20-15)21-19(24)17-5-3-4-16(13-17)14-23-10-8-22(2)9-11-23/h3-5,13,15,18,20H,6-12,14H2,1-2H3,(H,21,24). The number of carbonyl (C=O) groups is 1. The van der Waals surface area contributed by atoms with Gasteiger partial charge >= 0.3 is 0 Å². The minimum Gasteiger partial charge on any atom is -0.349 e. The lowest BCUT2D eigenvalue weighted by atomic mass is 10.00. The maximum atomic E-state index is 12.6. The number of hydrogen-bond acceptors (Lipinski definition) is 4. The molecule has 132 valence electrons. The van der Waals surface area contributed by atoms with Crippen LogP contribution in [0.1, 0.15) is 35.7 Å². The maximum absolute atomic E-state index is 12.6. The van der Waals surface area contributed by atoms with Crippen molar-refractivity contribution in [3.63, 3.8) is 0 Å². The second-order valence-electron chi connectivity index (χ2n) is 7.33. The minimum absolute atomic E-state index is 0.0642. The van der Waals surface area contributed by atoms with E-state index in [1.54, 1.807) is 0 Å². The van der Waals surface area contributed by atoms with Crippen LogP contribution in [-0.4, -0.2) is 67.6 Å². The Hall–Kier alpha value is -1.43. The normalized spacial score (nSPS) is 26.2. The molecule has 2 unspecified atom stereocenters. The molecule has 0 spiro atoms. The number of benzene rings is 1. The maximum Gasteiger partial charge on any atom is 0.251 e. The molecule has 2 N–H and O–H groups in total. The summed E-state index contributed by atoms with van der Waals surface area (Å²) in [5.74, 6) is 0.0642. The van der Waals surface area contributed by atoms with E-state index in [4.69, 9.17) is 0 Å². The van der Waals surface area contributed by atoms with Gasteiger partial charge in [0.05, 0.1) is 0 Å². The van der Waals surface area contributed by atoms with Crippen LogP contribution < -0.4 is 10.6 Å². The average Bonchev–Trinajstić information content (AvgIpc) is 2.57. The summed E-state index contributed by atoms with van der Waals surface area (Å²) in [5.41, 5.74) is 2.01. The first-order chi connectivity index (χ1) is 11.6. The van der Waals surface area contributed by atoms with E-state index >= 15 is 0 Å². The van der Waals surface area contributed by atoms with Crippen LogP contribution in [0, 0.1) is 0 Å². The molecule has 0 bridgehead atoms. The first-order valence-electron chi connectivity index (χ1n) is 9.14. The van der Waals surface area contributed by atoms with E-state index in [0.29, 0.717) is 6.04 Å². The summed E-state index contributed by atoms with van der Waals surface area (Å²) in [6.45, 7) is 8.52. The highest BCUT2D eigenvalue weighted by molar-refractivity contribution is 5.94. The summed E-state index contributed by atoms with van der Waals surface area (Å²) in [4.78, 5) is 17.4. The molecule has 2 atom stereocenters. The Morgan fingerprint density at radius 1 is 1.29 bits per heavy atom. The minimum atomic E-state index is 0.0642. The summed E-state index contributed by atoms with van der Waals surface area (Å²) in [7, 11) is 2.17. The number of nitrogens with one attached hydrogen (secondary N) is 2. The first-order valence-corrected chi connectivity index (χ1v) is 9.14. The molecule has 2 fully saturated rings. The van der Waals surface area contributed by atoms with Crippen molar-refractivity contribution in [1.29, 1.82) is 0 Å². The topological polar surface area (TPSA) is 47.6 Å². The van der Waals surface area contributed by atoms with E-state index in [1.807, 2.05) is 12.1 Å². The zero-order valence-corrected chi connectivity index (χ0v) is 14.9. The second kappa shape index (κ2) is 8.10. The Balaban J connectivity index is 1.57. The fraction of sp³-hybridized carbons (Fsp3) is 0.632. The van der Waals surface area contributed by atoms with Crippen LogP contribution in [0.3, 0.4) is 0 Å². The van der Waals surface area contributed by atoms with Crippen molar-refractivity contribution in [3.8, 4) is 0 Å². The molecule has 2 saturated heterocycles. The van der Waals surface area contributed by atoms with E-state index < -0.39 is 0 Å². The summed E-state index contributed by atoms with van der Waals surface area (Å²) in [5, 5.41) is 6.63. The number of likely N-dealkylation sites (N-methyl/N-ethyl adjacent to an activating group) is 1. The smallest absolute Gasteiger partial charge is 0.251 e. The van der Waals surface area contributed by atoms with E-state index in [9.17, 15) is 4.79 Å². The Bertz CT molecular complexity index is 554. The number of amides is 1. The number of nitrogens with zero attached hydrogens (tertiary/aromatic N) is 2. The van der Waals surface area contributed by atoms with Crippen LogP contribution in [0.5, 0.6) is 0 Å². The van der Waals surface area contributed by atoms with Crippen LogP contribution in [0.4, 0.5) is 0 Å². The Morgan fingerprint density at radius 2 is 2.08 bits per heavy atom. The summed E-state index contributed by atoms with van der Waals surface area (Å²) in [6, 6.07) is 8.88. The van der Waals surface area contributed by atoms with Gasteiger partial charge in [-0.15, -0.1) is 0 Å². The lowest BCUT2D eigenvalue weighted by Gasteiger charge is -2.32. The van der Waals surface area contributed by atoms with Crippen molar-refractivity contribution in [2.75, 3.05) is 39.8 Å². The zero-order valence-electron chi connectivity index (χ0n) is 14.9. The molecule has 2 heterocycles. The second-order valence-corrected chi connectivity index (χ2v) is 7.33. The Labute approximate surface area is 145 Å². The Morgan fingerprint density at radius 3 is 2.83 bits per heavy atom. The monoisotopic (exact) mass is 330 g/mol.